The van der Waals surface area contributed by atoms with Crippen molar-refractivity contribution in [1.82, 2.24) is 0 Å². The van der Waals surface area contributed by atoms with E-state index in [0.717, 1.165) is 0 Å². The van der Waals surface area contributed by atoms with Gasteiger partial charge in [-0.1, -0.05) is 13.8 Å². The van der Waals surface area contributed by atoms with Gasteiger partial charge in [0.25, 0.3) is 0 Å². The second kappa shape index (κ2) is 9.89. The molecule has 1 aliphatic rings. The topological polar surface area (TPSA) is 113 Å². The molecule has 4 atom stereocenters. The van der Waals surface area contributed by atoms with E-state index in [1.807, 2.05) is 13.8 Å². The fourth-order valence-corrected chi connectivity index (χ4v) is 4.63. The van der Waals surface area contributed by atoms with Crippen LogP contribution in [0.25, 0.3) is 11.1 Å². The lowest BCUT2D eigenvalue weighted by molar-refractivity contribution is -0.151. The SMILES string of the molecule is COc1cc2c(c(O)c1OC)-c1c(cc(OC)c(OC)c1OC)C(O)C(C)C(C)C2OC(C)=O. The van der Waals surface area contributed by atoms with Crippen LogP contribution in [0.2, 0.25) is 0 Å². The van der Waals surface area contributed by atoms with Gasteiger partial charge in [-0.25, -0.2) is 0 Å². The third kappa shape index (κ3) is 3.94. The number of carbonyl (C=O) groups excluding carboxylic acids is 1. The van der Waals surface area contributed by atoms with Crippen LogP contribution in [0.4, 0.5) is 0 Å². The highest BCUT2D eigenvalue weighted by Crippen LogP contribution is 2.59. The van der Waals surface area contributed by atoms with Gasteiger partial charge in [0, 0.05) is 29.5 Å². The Bertz CT molecular complexity index is 1080. The number of aliphatic hydroxyl groups excluding tert-OH is 1. The lowest BCUT2D eigenvalue weighted by Gasteiger charge is -2.37. The Morgan fingerprint density at radius 2 is 1.29 bits per heavy atom. The van der Waals surface area contributed by atoms with E-state index in [2.05, 4.69) is 0 Å². The van der Waals surface area contributed by atoms with Crippen molar-refractivity contribution >= 4 is 5.97 Å². The minimum absolute atomic E-state index is 0.0846. The molecule has 0 heterocycles. The number of carbonyl (C=O) groups is 1. The zero-order chi connectivity index (χ0) is 25.3. The summed E-state index contributed by atoms with van der Waals surface area (Å²) in [6, 6.07) is 3.33. The highest BCUT2D eigenvalue weighted by Gasteiger charge is 2.41. The van der Waals surface area contributed by atoms with Gasteiger partial charge in [-0.2, -0.15) is 0 Å². The van der Waals surface area contributed by atoms with Crippen LogP contribution < -0.4 is 23.7 Å². The number of hydrogen-bond donors (Lipinski definition) is 2. The molecule has 9 nitrogen and oxygen atoms in total. The first-order chi connectivity index (χ1) is 16.2. The molecule has 2 aromatic rings. The van der Waals surface area contributed by atoms with E-state index in [1.165, 1.54) is 42.5 Å². The molecule has 34 heavy (non-hydrogen) atoms. The predicted molar refractivity (Wildman–Crippen MR) is 124 cm³/mol. The molecule has 0 radical (unpaired) electrons. The van der Waals surface area contributed by atoms with Crippen LogP contribution in [0.5, 0.6) is 34.5 Å². The number of aliphatic hydroxyl groups is 1. The molecule has 2 N–H and O–H groups in total. The van der Waals surface area contributed by atoms with E-state index >= 15 is 0 Å². The Morgan fingerprint density at radius 3 is 1.79 bits per heavy atom. The summed E-state index contributed by atoms with van der Waals surface area (Å²) in [5.74, 6) is -0.246. The Morgan fingerprint density at radius 1 is 0.765 bits per heavy atom. The quantitative estimate of drug-likeness (QED) is 0.597. The molecule has 0 spiro atoms. The molecule has 9 heteroatoms. The van der Waals surface area contributed by atoms with Crippen LogP contribution in [0.15, 0.2) is 12.1 Å². The largest absolute Gasteiger partial charge is 0.504 e. The van der Waals surface area contributed by atoms with Crippen LogP contribution in [0, 0.1) is 11.8 Å². The van der Waals surface area contributed by atoms with Crippen LogP contribution >= 0.6 is 0 Å². The van der Waals surface area contributed by atoms with Crippen LogP contribution in [-0.4, -0.2) is 51.7 Å². The van der Waals surface area contributed by atoms with E-state index in [1.54, 1.807) is 12.1 Å². The van der Waals surface area contributed by atoms with Gasteiger partial charge in [0.2, 0.25) is 11.5 Å². The Labute approximate surface area is 199 Å². The minimum atomic E-state index is -1.02. The molecule has 1 aliphatic carbocycles. The molecule has 4 unspecified atom stereocenters. The second-order valence-electron chi connectivity index (χ2n) is 8.23. The Kier molecular flexibility index (Phi) is 7.35. The number of methoxy groups -OCH3 is 5. The number of hydrogen-bond acceptors (Lipinski definition) is 9. The van der Waals surface area contributed by atoms with Crippen molar-refractivity contribution in [2.75, 3.05) is 35.5 Å². The summed E-state index contributed by atoms with van der Waals surface area (Å²) in [7, 11) is 7.26. The van der Waals surface area contributed by atoms with Crippen LogP contribution in [0.1, 0.15) is 44.1 Å². The predicted octanol–water partition coefficient (Wildman–Crippen LogP) is 4.03. The molecule has 186 valence electrons. The first-order valence-corrected chi connectivity index (χ1v) is 10.8. The molecule has 0 fully saturated rings. The third-order valence-corrected chi connectivity index (χ3v) is 6.51. The highest BCUT2D eigenvalue weighted by molar-refractivity contribution is 5.89. The summed E-state index contributed by atoms with van der Waals surface area (Å²) in [4.78, 5) is 12.1. The fourth-order valence-electron chi connectivity index (χ4n) is 4.63. The molecule has 0 saturated heterocycles. The number of esters is 1. The summed E-state index contributed by atoms with van der Waals surface area (Å²) < 4.78 is 33.5. The standard InChI is InChI=1S/C25H32O9/c1-11-12(2)22(34-13(3)26)15-10-16(29-4)23(31-6)21(28)18(15)19-14(20(11)27)9-17(30-5)24(32-7)25(19)33-8/h9-12,20,22,27-28H,1-8H3. The maximum absolute atomic E-state index is 12.1. The van der Waals surface area contributed by atoms with E-state index in [4.69, 9.17) is 28.4 Å². The van der Waals surface area contributed by atoms with E-state index in [-0.39, 0.29) is 46.1 Å². The first kappa shape index (κ1) is 25.3. The maximum atomic E-state index is 12.1. The summed E-state index contributed by atoms with van der Waals surface area (Å²) in [6.45, 7) is 5.06. The van der Waals surface area contributed by atoms with Gasteiger partial charge in [0.1, 0.15) is 6.10 Å². The summed E-state index contributed by atoms with van der Waals surface area (Å²) in [5, 5.41) is 22.9. The molecule has 0 amide bonds. The number of aromatic hydroxyl groups is 1. The number of benzene rings is 2. The number of rotatable bonds is 6. The van der Waals surface area contributed by atoms with Gasteiger partial charge in [-0.3, -0.25) is 4.79 Å². The fraction of sp³-hybridized carbons (Fsp3) is 0.480. The lowest BCUT2D eigenvalue weighted by atomic mass is 9.74. The van der Waals surface area contributed by atoms with Crippen LogP contribution in [0.3, 0.4) is 0 Å². The zero-order valence-corrected chi connectivity index (χ0v) is 20.7. The number of fused-ring (bicyclic) bond motifs is 3. The smallest absolute Gasteiger partial charge is 0.303 e. The van der Waals surface area contributed by atoms with Crippen molar-refractivity contribution in [2.24, 2.45) is 11.8 Å². The Balaban J connectivity index is 2.60. The summed E-state index contributed by atoms with van der Waals surface area (Å²) in [5.41, 5.74) is 1.58. The molecular weight excluding hydrogens is 444 g/mol. The lowest BCUT2D eigenvalue weighted by Crippen LogP contribution is -2.28. The molecule has 0 saturated carbocycles. The van der Waals surface area contributed by atoms with Crippen molar-refractivity contribution in [3.8, 4) is 45.6 Å². The number of ether oxygens (including phenoxy) is 6. The van der Waals surface area contributed by atoms with Gasteiger partial charge in [-0.05, 0) is 23.6 Å². The van der Waals surface area contributed by atoms with E-state index in [9.17, 15) is 15.0 Å². The Hall–Kier alpha value is -3.33. The summed E-state index contributed by atoms with van der Waals surface area (Å²) >= 11 is 0. The average Bonchev–Trinajstić information content (AvgIpc) is 2.83. The van der Waals surface area contributed by atoms with Gasteiger partial charge in [0.15, 0.2) is 23.0 Å². The van der Waals surface area contributed by atoms with E-state index < -0.39 is 18.2 Å². The number of phenols is 1. The van der Waals surface area contributed by atoms with Crippen LogP contribution in [-0.2, 0) is 9.53 Å². The van der Waals surface area contributed by atoms with Crippen molar-refractivity contribution in [3.63, 3.8) is 0 Å². The molecular formula is C25H32O9. The van der Waals surface area contributed by atoms with Crippen molar-refractivity contribution in [2.45, 2.75) is 33.0 Å². The van der Waals surface area contributed by atoms with Gasteiger partial charge >= 0.3 is 5.97 Å². The molecule has 0 aromatic heterocycles. The monoisotopic (exact) mass is 476 g/mol. The number of phenolic OH excluding ortho intramolecular Hbond substituents is 1. The minimum Gasteiger partial charge on any atom is -0.504 e. The summed E-state index contributed by atoms with van der Waals surface area (Å²) in [6.07, 6.45) is -1.83. The van der Waals surface area contributed by atoms with Crippen molar-refractivity contribution in [3.05, 3.63) is 23.3 Å². The van der Waals surface area contributed by atoms with Gasteiger partial charge in [0.05, 0.1) is 41.7 Å². The van der Waals surface area contributed by atoms with Gasteiger partial charge < -0.3 is 38.6 Å². The maximum Gasteiger partial charge on any atom is 0.303 e. The first-order valence-electron chi connectivity index (χ1n) is 10.8. The second-order valence-corrected chi connectivity index (χ2v) is 8.23. The van der Waals surface area contributed by atoms with Crippen molar-refractivity contribution < 1.29 is 43.4 Å². The van der Waals surface area contributed by atoms with Crippen molar-refractivity contribution in [1.29, 1.82) is 0 Å². The highest BCUT2D eigenvalue weighted by atomic mass is 16.5. The van der Waals surface area contributed by atoms with Gasteiger partial charge in [-0.15, -0.1) is 0 Å². The average molecular weight is 477 g/mol. The van der Waals surface area contributed by atoms with E-state index in [0.29, 0.717) is 22.4 Å². The normalized spacial score (nSPS) is 21.3. The molecule has 2 aromatic carbocycles. The molecule has 3 rings (SSSR count). The molecule has 0 aliphatic heterocycles. The third-order valence-electron chi connectivity index (χ3n) is 6.51. The zero-order valence-electron chi connectivity index (χ0n) is 20.7. The molecule has 0 bridgehead atoms.